The van der Waals surface area contributed by atoms with Gasteiger partial charge in [-0.25, -0.2) is 8.42 Å². The van der Waals surface area contributed by atoms with Gasteiger partial charge < -0.3 is 9.64 Å². The molecule has 0 aromatic heterocycles. The summed E-state index contributed by atoms with van der Waals surface area (Å²) in [5.41, 5.74) is 2.85. The molecular formula is C22H25BrN2O4S. The molecule has 8 heteroatoms. The van der Waals surface area contributed by atoms with Crippen molar-refractivity contribution in [1.29, 1.82) is 0 Å². The lowest BCUT2D eigenvalue weighted by Crippen LogP contribution is -2.46. The van der Waals surface area contributed by atoms with E-state index in [4.69, 9.17) is 4.74 Å². The monoisotopic (exact) mass is 492 g/mol. The van der Waals surface area contributed by atoms with Crippen LogP contribution in [0.5, 0.6) is 5.75 Å². The Kier molecular flexibility index (Phi) is 5.92. The molecule has 2 aromatic carbocycles. The van der Waals surface area contributed by atoms with Gasteiger partial charge in [0.25, 0.3) is 0 Å². The number of hydrogen-bond donors (Lipinski definition) is 0. The van der Waals surface area contributed by atoms with E-state index in [0.717, 1.165) is 27.7 Å². The number of hydrogen-bond acceptors (Lipinski definition) is 4. The second-order valence-electron chi connectivity index (χ2n) is 7.85. The highest BCUT2D eigenvalue weighted by molar-refractivity contribution is 9.10. The van der Waals surface area contributed by atoms with Gasteiger partial charge in [0.15, 0.2) is 0 Å². The van der Waals surface area contributed by atoms with Crippen molar-refractivity contribution in [2.24, 2.45) is 5.92 Å². The SMILES string of the molecule is COc1ccc(S(=O)(=O)N2CCC[C@H](C(=O)N3CCc4cc(Br)ccc43)C2)cc1C. The molecule has 0 spiro atoms. The third-order valence-electron chi connectivity index (χ3n) is 5.94. The lowest BCUT2D eigenvalue weighted by Gasteiger charge is -2.33. The average molecular weight is 493 g/mol. The normalized spacial score (nSPS) is 19.6. The van der Waals surface area contributed by atoms with Crippen LogP contribution in [0.1, 0.15) is 24.0 Å². The number of methoxy groups -OCH3 is 1. The van der Waals surface area contributed by atoms with Crippen molar-refractivity contribution >= 4 is 37.5 Å². The van der Waals surface area contributed by atoms with Crippen LogP contribution in [-0.4, -0.2) is 45.4 Å². The molecule has 0 aliphatic carbocycles. The van der Waals surface area contributed by atoms with Crippen molar-refractivity contribution in [3.63, 3.8) is 0 Å². The number of rotatable bonds is 4. The molecule has 6 nitrogen and oxygen atoms in total. The standard InChI is InChI=1S/C22H25BrN2O4S/c1-15-12-19(6-8-21(15)29-2)30(27,28)24-10-3-4-17(14-24)22(26)25-11-9-16-13-18(23)5-7-20(16)25/h5-8,12-13,17H,3-4,9-11,14H2,1-2H3/t17-/m0/s1. The van der Waals surface area contributed by atoms with Gasteiger partial charge in [-0.05, 0) is 73.7 Å². The third kappa shape index (κ3) is 3.88. The van der Waals surface area contributed by atoms with Crippen molar-refractivity contribution in [2.45, 2.75) is 31.1 Å². The largest absolute Gasteiger partial charge is 0.496 e. The van der Waals surface area contributed by atoms with Gasteiger partial charge in [0.05, 0.1) is 17.9 Å². The number of nitrogens with zero attached hydrogens (tertiary/aromatic N) is 2. The highest BCUT2D eigenvalue weighted by Crippen LogP contribution is 2.34. The van der Waals surface area contributed by atoms with Gasteiger partial charge in [0, 0.05) is 29.8 Å². The lowest BCUT2D eigenvalue weighted by atomic mass is 9.98. The highest BCUT2D eigenvalue weighted by atomic mass is 79.9. The van der Waals surface area contributed by atoms with Gasteiger partial charge in [-0.15, -0.1) is 0 Å². The summed E-state index contributed by atoms with van der Waals surface area (Å²) in [5, 5.41) is 0. The van der Waals surface area contributed by atoms with Gasteiger partial charge in [0.2, 0.25) is 15.9 Å². The minimum atomic E-state index is -3.66. The summed E-state index contributed by atoms with van der Waals surface area (Å²) in [6, 6.07) is 10.8. The number of benzene rings is 2. The molecule has 0 N–H and O–H groups in total. The summed E-state index contributed by atoms with van der Waals surface area (Å²) < 4.78 is 34.1. The fourth-order valence-corrected chi connectivity index (χ4v) is 6.36. The number of sulfonamides is 1. The molecule has 2 aliphatic heterocycles. The Bertz CT molecular complexity index is 1090. The van der Waals surface area contributed by atoms with Gasteiger partial charge >= 0.3 is 0 Å². The van der Waals surface area contributed by atoms with Gasteiger partial charge in [-0.1, -0.05) is 15.9 Å². The van der Waals surface area contributed by atoms with E-state index < -0.39 is 10.0 Å². The Balaban J connectivity index is 1.54. The van der Waals surface area contributed by atoms with Crippen LogP contribution in [0.25, 0.3) is 0 Å². The second kappa shape index (κ2) is 8.32. The summed E-state index contributed by atoms with van der Waals surface area (Å²) in [5.74, 6) is 0.337. The smallest absolute Gasteiger partial charge is 0.243 e. The van der Waals surface area contributed by atoms with Crippen LogP contribution < -0.4 is 9.64 Å². The number of fused-ring (bicyclic) bond motifs is 1. The van der Waals surface area contributed by atoms with Crippen LogP contribution in [0, 0.1) is 12.8 Å². The zero-order valence-corrected chi connectivity index (χ0v) is 19.5. The van der Waals surface area contributed by atoms with Crippen molar-refractivity contribution in [1.82, 2.24) is 4.31 Å². The highest BCUT2D eigenvalue weighted by Gasteiger charge is 2.37. The molecule has 0 saturated carbocycles. The van der Waals surface area contributed by atoms with Crippen molar-refractivity contribution in [3.8, 4) is 5.75 Å². The maximum absolute atomic E-state index is 13.3. The maximum atomic E-state index is 13.3. The predicted molar refractivity (Wildman–Crippen MR) is 119 cm³/mol. The molecule has 0 bridgehead atoms. The molecule has 1 fully saturated rings. The molecule has 1 atom stereocenters. The minimum Gasteiger partial charge on any atom is -0.496 e. The number of amides is 1. The zero-order chi connectivity index (χ0) is 21.5. The fourth-order valence-electron chi connectivity index (χ4n) is 4.34. The molecule has 2 aromatic rings. The molecule has 2 aliphatic rings. The van der Waals surface area contributed by atoms with Crippen LogP contribution in [0.3, 0.4) is 0 Å². The fraction of sp³-hybridized carbons (Fsp3) is 0.409. The molecule has 0 radical (unpaired) electrons. The van der Waals surface area contributed by atoms with Crippen molar-refractivity contribution < 1.29 is 17.9 Å². The van der Waals surface area contributed by atoms with Gasteiger partial charge in [-0.3, -0.25) is 4.79 Å². The summed E-state index contributed by atoms with van der Waals surface area (Å²) in [6.07, 6.45) is 2.20. The number of carbonyl (C=O) groups is 1. The first-order valence-electron chi connectivity index (χ1n) is 10.1. The lowest BCUT2D eigenvalue weighted by molar-refractivity contribution is -0.123. The zero-order valence-electron chi connectivity index (χ0n) is 17.1. The Labute approximate surface area is 186 Å². The first kappa shape index (κ1) is 21.3. The van der Waals surface area contributed by atoms with Crippen LogP contribution >= 0.6 is 15.9 Å². The molecular weight excluding hydrogens is 468 g/mol. The van der Waals surface area contributed by atoms with E-state index >= 15 is 0 Å². The van der Waals surface area contributed by atoms with Crippen molar-refractivity contribution in [3.05, 3.63) is 52.0 Å². The summed E-state index contributed by atoms with van der Waals surface area (Å²) >= 11 is 3.48. The summed E-state index contributed by atoms with van der Waals surface area (Å²) in [4.78, 5) is 15.3. The topological polar surface area (TPSA) is 66.9 Å². The first-order chi connectivity index (χ1) is 14.3. The Morgan fingerprint density at radius 2 is 1.97 bits per heavy atom. The average Bonchev–Trinajstić information content (AvgIpc) is 3.16. The number of anilines is 1. The van der Waals surface area contributed by atoms with E-state index in [2.05, 4.69) is 15.9 Å². The number of carbonyl (C=O) groups excluding carboxylic acids is 1. The maximum Gasteiger partial charge on any atom is 0.243 e. The summed E-state index contributed by atoms with van der Waals surface area (Å²) in [6.45, 7) is 3.12. The Hall–Kier alpha value is -1.90. The van der Waals surface area contributed by atoms with Crippen LogP contribution in [0.2, 0.25) is 0 Å². The second-order valence-corrected chi connectivity index (χ2v) is 10.7. The molecule has 0 unspecified atom stereocenters. The number of aryl methyl sites for hydroxylation is 1. The molecule has 160 valence electrons. The van der Waals surface area contributed by atoms with Gasteiger partial charge in [0.1, 0.15) is 5.75 Å². The van der Waals surface area contributed by atoms with E-state index in [9.17, 15) is 13.2 Å². The van der Waals surface area contributed by atoms with Crippen molar-refractivity contribution in [2.75, 3.05) is 31.6 Å². The third-order valence-corrected chi connectivity index (χ3v) is 8.29. The van der Waals surface area contributed by atoms with Crippen LogP contribution in [0.15, 0.2) is 45.8 Å². The number of piperidine rings is 1. The quantitative estimate of drug-likeness (QED) is 0.651. The number of ether oxygens (including phenoxy) is 1. The molecule has 4 rings (SSSR count). The molecule has 30 heavy (non-hydrogen) atoms. The van der Waals surface area contributed by atoms with E-state index in [1.807, 2.05) is 30.0 Å². The molecule has 2 heterocycles. The van der Waals surface area contributed by atoms with Gasteiger partial charge in [-0.2, -0.15) is 4.31 Å². The first-order valence-corrected chi connectivity index (χ1v) is 12.3. The minimum absolute atomic E-state index is 0.0156. The van der Waals surface area contributed by atoms with E-state index in [1.54, 1.807) is 25.3 Å². The predicted octanol–water partition coefficient (Wildman–Crippen LogP) is 3.76. The summed E-state index contributed by atoms with van der Waals surface area (Å²) in [7, 11) is -2.10. The number of halogens is 1. The van der Waals surface area contributed by atoms with Crippen LogP contribution in [-0.2, 0) is 21.2 Å². The Morgan fingerprint density at radius 3 is 2.70 bits per heavy atom. The van der Waals surface area contributed by atoms with E-state index in [-0.39, 0.29) is 23.3 Å². The van der Waals surface area contributed by atoms with Crippen LogP contribution in [0.4, 0.5) is 5.69 Å². The van der Waals surface area contributed by atoms with E-state index in [1.165, 1.54) is 4.31 Å². The Morgan fingerprint density at radius 1 is 1.17 bits per heavy atom. The molecule has 1 amide bonds. The van der Waals surface area contributed by atoms with E-state index in [0.29, 0.717) is 31.7 Å². The molecule has 1 saturated heterocycles.